The molecule has 4 heteroatoms. The van der Waals surface area contributed by atoms with E-state index in [9.17, 15) is 0 Å². The SMILES string of the molecule is CNC1(C)CCN(Cc2nccs2)CC1. The predicted octanol–water partition coefficient (Wildman–Crippen LogP) is 1.72. The molecule has 1 aliphatic heterocycles. The number of likely N-dealkylation sites (tertiary alicyclic amines) is 1. The van der Waals surface area contributed by atoms with E-state index < -0.39 is 0 Å². The Hall–Kier alpha value is -0.450. The van der Waals surface area contributed by atoms with Crippen molar-refractivity contribution in [3.05, 3.63) is 16.6 Å². The first-order chi connectivity index (χ1) is 7.22. The molecule has 3 nitrogen and oxygen atoms in total. The zero-order valence-corrected chi connectivity index (χ0v) is 10.3. The second-order valence-electron chi connectivity index (χ2n) is 4.51. The lowest BCUT2D eigenvalue weighted by atomic mass is 9.90. The maximum absolute atomic E-state index is 4.33. The van der Waals surface area contributed by atoms with Gasteiger partial charge in [-0.1, -0.05) is 0 Å². The monoisotopic (exact) mass is 225 g/mol. The van der Waals surface area contributed by atoms with E-state index in [1.807, 2.05) is 6.20 Å². The van der Waals surface area contributed by atoms with Crippen LogP contribution in [0.15, 0.2) is 11.6 Å². The van der Waals surface area contributed by atoms with Gasteiger partial charge >= 0.3 is 0 Å². The molecule has 1 aliphatic rings. The fourth-order valence-electron chi connectivity index (χ4n) is 1.98. The minimum absolute atomic E-state index is 0.347. The molecule has 0 atom stereocenters. The largest absolute Gasteiger partial charge is 0.314 e. The lowest BCUT2D eigenvalue weighted by molar-refractivity contribution is 0.146. The van der Waals surface area contributed by atoms with Gasteiger partial charge in [0.15, 0.2) is 0 Å². The number of thiazole rings is 1. The van der Waals surface area contributed by atoms with E-state index in [0.29, 0.717) is 5.54 Å². The summed E-state index contributed by atoms with van der Waals surface area (Å²) in [5.74, 6) is 0. The number of piperidine rings is 1. The van der Waals surface area contributed by atoms with Gasteiger partial charge in [-0.2, -0.15) is 0 Å². The molecule has 0 aliphatic carbocycles. The third kappa shape index (κ3) is 2.77. The van der Waals surface area contributed by atoms with Crippen LogP contribution in [0.3, 0.4) is 0 Å². The van der Waals surface area contributed by atoms with Crippen molar-refractivity contribution in [1.82, 2.24) is 15.2 Å². The number of nitrogens with zero attached hydrogens (tertiary/aromatic N) is 2. The number of aromatic nitrogens is 1. The summed E-state index contributed by atoms with van der Waals surface area (Å²) in [6.45, 7) is 5.69. The van der Waals surface area contributed by atoms with Crippen LogP contribution in [0.5, 0.6) is 0 Å². The molecule has 1 saturated heterocycles. The van der Waals surface area contributed by atoms with Crippen LogP contribution in [0.4, 0.5) is 0 Å². The number of rotatable bonds is 3. The summed E-state index contributed by atoms with van der Waals surface area (Å²) in [4.78, 5) is 6.83. The summed E-state index contributed by atoms with van der Waals surface area (Å²) in [5.41, 5.74) is 0.347. The minimum Gasteiger partial charge on any atom is -0.314 e. The average Bonchev–Trinajstić information content (AvgIpc) is 2.75. The summed E-state index contributed by atoms with van der Waals surface area (Å²) in [6.07, 6.45) is 4.35. The molecule has 0 bridgehead atoms. The first-order valence-electron chi connectivity index (χ1n) is 5.51. The molecule has 1 aromatic rings. The first-order valence-corrected chi connectivity index (χ1v) is 6.39. The second kappa shape index (κ2) is 4.60. The molecule has 1 fully saturated rings. The van der Waals surface area contributed by atoms with Crippen LogP contribution in [-0.4, -0.2) is 35.6 Å². The van der Waals surface area contributed by atoms with Gasteiger partial charge < -0.3 is 5.32 Å². The predicted molar refractivity (Wildman–Crippen MR) is 64.1 cm³/mol. The van der Waals surface area contributed by atoms with Crippen LogP contribution in [0, 0.1) is 0 Å². The standard InChI is InChI=1S/C11H19N3S/c1-11(12-2)3-6-14(7-4-11)9-10-13-5-8-15-10/h5,8,12H,3-4,6-7,9H2,1-2H3. The van der Waals surface area contributed by atoms with Crippen LogP contribution in [0.2, 0.25) is 0 Å². The van der Waals surface area contributed by atoms with Crippen molar-refractivity contribution in [3.63, 3.8) is 0 Å². The van der Waals surface area contributed by atoms with Crippen LogP contribution >= 0.6 is 11.3 Å². The van der Waals surface area contributed by atoms with Gasteiger partial charge in [0.05, 0.1) is 6.54 Å². The van der Waals surface area contributed by atoms with Crippen molar-refractivity contribution >= 4 is 11.3 Å². The van der Waals surface area contributed by atoms with Crippen LogP contribution in [0.25, 0.3) is 0 Å². The zero-order valence-electron chi connectivity index (χ0n) is 9.49. The third-order valence-corrected chi connectivity index (χ3v) is 4.17. The number of hydrogen-bond donors (Lipinski definition) is 1. The molecule has 0 aromatic carbocycles. The topological polar surface area (TPSA) is 28.2 Å². The van der Waals surface area contributed by atoms with Crippen molar-refractivity contribution in [1.29, 1.82) is 0 Å². The molecule has 2 rings (SSSR count). The van der Waals surface area contributed by atoms with Crippen molar-refractivity contribution in [2.24, 2.45) is 0 Å². The fraction of sp³-hybridized carbons (Fsp3) is 0.727. The number of hydrogen-bond acceptors (Lipinski definition) is 4. The molecule has 1 N–H and O–H groups in total. The third-order valence-electron chi connectivity index (χ3n) is 3.41. The molecular formula is C11H19N3S. The maximum atomic E-state index is 4.33. The van der Waals surface area contributed by atoms with E-state index >= 15 is 0 Å². The Labute approximate surface area is 95.5 Å². The lowest BCUT2D eigenvalue weighted by Gasteiger charge is -2.39. The van der Waals surface area contributed by atoms with Crippen molar-refractivity contribution < 1.29 is 0 Å². The van der Waals surface area contributed by atoms with Gasteiger partial charge in [0.1, 0.15) is 5.01 Å². The lowest BCUT2D eigenvalue weighted by Crippen LogP contribution is -2.49. The van der Waals surface area contributed by atoms with Crippen LogP contribution < -0.4 is 5.32 Å². The molecule has 1 aromatic heterocycles. The molecule has 0 amide bonds. The molecule has 0 saturated carbocycles. The van der Waals surface area contributed by atoms with Gasteiger partial charge in [-0.05, 0) is 26.8 Å². The summed E-state index contributed by atoms with van der Waals surface area (Å²) >= 11 is 1.75. The molecule has 0 unspecified atom stereocenters. The fourth-order valence-corrected chi connectivity index (χ4v) is 2.63. The maximum Gasteiger partial charge on any atom is 0.107 e. The quantitative estimate of drug-likeness (QED) is 0.849. The molecule has 84 valence electrons. The molecule has 0 radical (unpaired) electrons. The van der Waals surface area contributed by atoms with E-state index in [-0.39, 0.29) is 0 Å². The van der Waals surface area contributed by atoms with Crippen molar-refractivity contribution in [2.45, 2.75) is 31.8 Å². The Bertz CT molecular complexity index is 289. The van der Waals surface area contributed by atoms with Gasteiger partial charge in [0, 0.05) is 30.2 Å². The Morgan fingerprint density at radius 3 is 2.80 bits per heavy atom. The van der Waals surface area contributed by atoms with Gasteiger partial charge in [0.25, 0.3) is 0 Å². The van der Waals surface area contributed by atoms with Gasteiger partial charge in [-0.25, -0.2) is 4.98 Å². The second-order valence-corrected chi connectivity index (χ2v) is 5.49. The van der Waals surface area contributed by atoms with Crippen molar-refractivity contribution in [2.75, 3.05) is 20.1 Å². The van der Waals surface area contributed by atoms with E-state index in [4.69, 9.17) is 0 Å². The normalized spacial score (nSPS) is 21.7. The van der Waals surface area contributed by atoms with E-state index in [1.165, 1.54) is 30.9 Å². The zero-order chi connectivity index (χ0) is 10.7. The molecular weight excluding hydrogens is 206 g/mol. The summed E-state index contributed by atoms with van der Waals surface area (Å²) in [6, 6.07) is 0. The van der Waals surface area contributed by atoms with Gasteiger partial charge in [-0.15, -0.1) is 11.3 Å². The van der Waals surface area contributed by atoms with Crippen molar-refractivity contribution in [3.8, 4) is 0 Å². The summed E-state index contributed by atoms with van der Waals surface area (Å²) in [5, 5.41) is 6.71. The Morgan fingerprint density at radius 1 is 1.53 bits per heavy atom. The molecule has 2 heterocycles. The Kier molecular flexibility index (Phi) is 3.38. The minimum atomic E-state index is 0.347. The van der Waals surface area contributed by atoms with E-state index in [0.717, 1.165) is 6.54 Å². The van der Waals surface area contributed by atoms with Crippen LogP contribution in [0.1, 0.15) is 24.8 Å². The first kappa shape index (κ1) is 11.0. The summed E-state index contributed by atoms with van der Waals surface area (Å²) in [7, 11) is 2.07. The molecule has 0 spiro atoms. The van der Waals surface area contributed by atoms with E-state index in [1.54, 1.807) is 11.3 Å². The average molecular weight is 225 g/mol. The Balaban J connectivity index is 1.84. The number of nitrogens with one attached hydrogen (secondary N) is 1. The highest BCUT2D eigenvalue weighted by Crippen LogP contribution is 2.22. The highest BCUT2D eigenvalue weighted by molar-refractivity contribution is 7.09. The van der Waals surface area contributed by atoms with Gasteiger partial charge in [0.2, 0.25) is 0 Å². The highest BCUT2D eigenvalue weighted by atomic mass is 32.1. The summed E-state index contributed by atoms with van der Waals surface area (Å²) < 4.78 is 0. The van der Waals surface area contributed by atoms with Crippen LogP contribution in [-0.2, 0) is 6.54 Å². The highest BCUT2D eigenvalue weighted by Gasteiger charge is 2.28. The Morgan fingerprint density at radius 2 is 2.27 bits per heavy atom. The molecule has 15 heavy (non-hydrogen) atoms. The van der Waals surface area contributed by atoms with E-state index in [2.05, 4.69) is 34.6 Å². The van der Waals surface area contributed by atoms with Gasteiger partial charge in [-0.3, -0.25) is 4.90 Å². The smallest absolute Gasteiger partial charge is 0.107 e.